The molecule has 1 aliphatic rings. The largest absolute Gasteiger partial charge is 0.385 e. The minimum Gasteiger partial charge on any atom is -0.385 e. The number of nitrogens with zero attached hydrogens (tertiary/aromatic N) is 2. The summed E-state index contributed by atoms with van der Waals surface area (Å²) >= 11 is 0. The predicted molar refractivity (Wildman–Crippen MR) is 73.5 cm³/mol. The Morgan fingerprint density at radius 3 is 3.20 bits per heavy atom. The van der Waals surface area contributed by atoms with Crippen molar-refractivity contribution in [3.05, 3.63) is 41.0 Å². The lowest BCUT2D eigenvalue weighted by Gasteiger charge is -2.18. The van der Waals surface area contributed by atoms with Gasteiger partial charge < -0.3 is 15.2 Å². The molecule has 20 heavy (non-hydrogen) atoms. The molecule has 0 spiro atoms. The molecular formula is C14H16N4O2. The van der Waals surface area contributed by atoms with E-state index in [1.165, 1.54) is 5.56 Å². The number of carbonyl (C=O) groups is 1. The lowest BCUT2D eigenvalue weighted by atomic mass is 10.0. The fourth-order valence-corrected chi connectivity index (χ4v) is 2.29. The molecule has 0 fully saturated rings. The Morgan fingerprint density at radius 2 is 2.40 bits per heavy atom. The number of nitrogens with one attached hydrogen (secondary N) is 2. The summed E-state index contributed by atoms with van der Waals surface area (Å²) in [5.74, 6) is 0.852. The molecule has 0 atom stereocenters. The predicted octanol–water partition coefficient (Wildman–Crippen LogP) is 1.67. The summed E-state index contributed by atoms with van der Waals surface area (Å²) in [6.45, 7) is 2.98. The second-order valence-electron chi connectivity index (χ2n) is 4.81. The van der Waals surface area contributed by atoms with Crippen LogP contribution in [0.4, 0.5) is 5.69 Å². The number of anilines is 1. The highest BCUT2D eigenvalue weighted by Gasteiger charge is 2.13. The van der Waals surface area contributed by atoms with E-state index in [1.807, 2.05) is 18.2 Å². The van der Waals surface area contributed by atoms with Crippen LogP contribution in [0.1, 0.15) is 34.1 Å². The van der Waals surface area contributed by atoms with Gasteiger partial charge in [-0.25, -0.2) is 0 Å². The van der Waals surface area contributed by atoms with Crippen LogP contribution in [0.5, 0.6) is 0 Å². The molecule has 1 aromatic carbocycles. The number of hydrogen-bond acceptors (Lipinski definition) is 5. The van der Waals surface area contributed by atoms with Crippen LogP contribution in [0.25, 0.3) is 0 Å². The topological polar surface area (TPSA) is 80.0 Å². The zero-order chi connectivity index (χ0) is 13.9. The Balaban J connectivity index is 1.67. The minimum atomic E-state index is -0.124. The molecule has 104 valence electrons. The van der Waals surface area contributed by atoms with Crippen molar-refractivity contribution in [3.63, 3.8) is 0 Å². The first-order chi connectivity index (χ1) is 9.72. The Kier molecular flexibility index (Phi) is 3.37. The van der Waals surface area contributed by atoms with Gasteiger partial charge in [-0.2, -0.15) is 4.98 Å². The van der Waals surface area contributed by atoms with E-state index in [2.05, 4.69) is 20.8 Å². The second-order valence-corrected chi connectivity index (χ2v) is 4.81. The van der Waals surface area contributed by atoms with Gasteiger partial charge in [-0.3, -0.25) is 4.79 Å². The molecule has 0 saturated carbocycles. The van der Waals surface area contributed by atoms with E-state index in [9.17, 15) is 4.79 Å². The standard InChI is InChI=1S/C14H16N4O2/c1-9-17-13(18-20-9)8-16-14(19)11-4-5-12-10(7-11)3-2-6-15-12/h4-5,7,15H,2-3,6,8H2,1H3,(H,16,19). The van der Waals surface area contributed by atoms with Gasteiger partial charge in [0.1, 0.15) is 0 Å². The molecule has 0 unspecified atom stereocenters. The maximum Gasteiger partial charge on any atom is 0.251 e. The van der Waals surface area contributed by atoms with E-state index >= 15 is 0 Å². The van der Waals surface area contributed by atoms with Crippen LogP contribution in [0.15, 0.2) is 22.7 Å². The first kappa shape index (κ1) is 12.7. The molecule has 1 amide bonds. The smallest absolute Gasteiger partial charge is 0.251 e. The van der Waals surface area contributed by atoms with E-state index < -0.39 is 0 Å². The van der Waals surface area contributed by atoms with Gasteiger partial charge in [0, 0.05) is 24.7 Å². The van der Waals surface area contributed by atoms with Crippen LogP contribution in [-0.4, -0.2) is 22.6 Å². The molecule has 2 aromatic rings. The molecule has 3 rings (SSSR count). The molecule has 0 bridgehead atoms. The van der Waals surface area contributed by atoms with Crippen molar-refractivity contribution in [2.75, 3.05) is 11.9 Å². The van der Waals surface area contributed by atoms with E-state index in [-0.39, 0.29) is 12.5 Å². The Labute approximate surface area is 116 Å². The van der Waals surface area contributed by atoms with Gasteiger partial charge in [-0.15, -0.1) is 0 Å². The van der Waals surface area contributed by atoms with Gasteiger partial charge in [-0.1, -0.05) is 5.16 Å². The third kappa shape index (κ3) is 2.64. The highest BCUT2D eigenvalue weighted by atomic mass is 16.5. The van der Waals surface area contributed by atoms with E-state index in [0.29, 0.717) is 17.3 Å². The van der Waals surface area contributed by atoms with Crippen molar-refractivity contribution in [3.8, 4) is 0 Å². The van der Waals surface area contributed by atoms with Crippen LogP contribution in [0.2, 0.25) is 0 Å². The first-order valence-electron chi connectivity index (χ1n) is 6.66. The van der Waals surface area contributed by atoms with Crippen molar-refractivity contribution < 1.29 is 9.32 Å². The number of amides is 1. The van der Waals surface area contributed by atoms with Gasteiger partial charge >= 0.3 is 0 Å². The van der Waals surface area contributed by atoms with Crippen molar-refractivity contribution >= 4 is 11.6 Å². The third-order valence-corrected chi connectivity index (χ3v) is 3.28. The fourth-order valence-electron chi connectivity index (χ4n) is 2.29. The summed E-state index contributed by atoms with van der Waals surface area (Å²) in [5, 5.41) is 9.86. The lowest BCUT2D eigenvalue weighted by molar-refractivity contribution is 0.0949. The number of fused-ring (bicyclic) bond motifs is 1. The lowest BCUT2D eigenvalue weighted by Crippen LogP contribution is -2.24. The van der Waals surface area contributed by atoms with Gasteiger partial charge in [0.25, 0.3) is 5.91 Å². The molecular weight excluding hydrogens is 256 g/mol. The average molecular weight is 272 g/mol. The first-order valence-corrected chi connectivity index (χ1v) is 6.66. The molecule has 6 heteroatoms. The minimum absolute atomic E-state index is 0.124. The van der Waals surface area contributed by atoms with E-state index in [1.54, 1.807) is 6.92 Å². The highest BCUT2D eigenvalue weighted by Crippen LogP contribution is 2.22. The van der Waals surface area contributed by atoms with Crippen LogP contribution < -0.4 is 10.6 Å². The summed E-state index contributed by atoms with van der Waals surface area (Å²) in [6.07, 6.45) is 2.10. The van der Waals surface area contributed by atoms with Gasteiger partial charge in [0.05, 0.1) is 6.54 Å². The fraction of sp³-hybridized carbons (Fsp3) is 0.357. The highest BCUT2D eigenvalue weighted by molar-refractivity contribution is 5.94. The molecule has 6 nitrogen and oxygen atoms in total. The normalized spacial score (nSPS) is 13.4. The number of rotatable bonds is 3. The van der Waals surface area contributed by atoms with E-state index in [0.717, 1.165) is 25.1 Å². The number of hydrogen-bond donors (Lipinski definition) is 2. The summed E-state index contributed by atoms with van der Waals surface area (Å²) in [7, 11) is 0. The second kappa shape index (κ2) is 5.32. The number of aryl methyl sites for hydroxylation is 2. The molecule has 0 saturated heterocycles. The zero-order valence-electron chi connectivity index (χ0n) is 11.3. The van der Waals surface area contributed by atoms with Crippen molar-refractivity contribution in [2.24, 2.45) is 0 Å². The van der Waals surface area contributed by atoms with Crippen LogP contribution in [-0.2, 0) is 13.0 Å². The summed E-state index contributed by atoms with van der Waals surface area (Å²) in [6, 6.07) is 5.73. The van der Waals surface area contributed by atoms with Crippen molar-refractivity contribution in [2.45, 2.75) is 26.3 Å². The van der Waals surface area contributed by atoms with Gasteiger partial charge in [-0.05, 0) is 36.6 Å². The Hall–Kier alpha value is -2.37. The Bertz CT molecular complexity index is 636. The SMILES string of the molecule is Cc1nc(CNC(=O)c2ccc3c(c2)CCCN3)no1. The molecule has 1 aromatic heterocycles. The molecule has 1 aliphatic heterocycles. The number of carbonyl (C=O) groups excluding carboxylic acids is 1. The summed E-state index contributed by atoms with van der Waals surface area (Å²) in [4.78, 5) is 16.1. The van der Waals surface area contributed by atoms with Crippen LogP contribution >= 0.6 is 0 Å². The van der Waals surface area contributed by atoms with Gasteiger partial charge in [0.15, 0.2) is 5.82 Å². The molecule has 0 aliphatic carbocycles. The van der Waals surface area contributed by atoms with Crippen LogP contribution in [0, 0.1) is 6.92 Å². The quantitative estimate of drug-likeness (QED) is 0.888. The summed E-state index contributed by atoms with van der Waals surface area (Å²) < 4.78 is 4.86. The Morgan fingerprint density at radius 1 is 1.50 bits per heavy atom. The third-order valence-electron chi connectivity index (χ3n) is 3.28. The average Bonchev–Trinajstić information content (AvgIpc) is 2.90. The number of aromatic nitrogens is 2. The molecule has 2 N–H and O–H groups in total. The molecule has 0 radical (unpaired) electrons. The number of benzene rings is 1. The van der Waals surface area contributed by atoms with Crippen LogP contribution in [0.3, 0.4) is 0 Å². The van der Waals surface area contributed by atoms with Crippen molar-refractivity contribution in [1.29, 1.82) is 0 Å². The van der Waals surface area contributed by atoms with Gasteiger partial charge in [0.2, 0.25) is 5.89 Å². The maximum atomic E-state index is 12.1. The van der Waals surface area contributed by atoms with Crippen molar-refractivity contribution in [1.82, 2.24) is 15.5 Å². The molecule has 2 heterocycles. The zero-order valence-corrected chi connectivity index (χ0v) is 11.3. The van der Waals surface area contributed by atoms with E-state index in [4.69, 9.17) is 4.52 Å². The summed E-state index contributed by atoms with van der Waals surface area (Å²) in [5.41, 5.74) is 2.98. The maximum absolute atomic E-state index is 12.1. The monoisotopic (exact) mass is 272 g/mol.